The Balaban J connectivity index is 2.04. The summed E-state index contributed by atoms with van der Waals surface area (Å²) < 4.78 is 10.3. The molecule has 0 aliphatic carbocycles. The standard InChI is InChI=1S/C20H24N2O4/c1-15-6-8-18(9-7-15)26-14-19(23)22(12-16(2)20(24)25-3)13-17-5-4-10-21-11-17/h4-11,16H,12-14H2,1-3H3. The van der Waals surface area contributed by atoms with Gasteiger partial charge >= 0.3 is 5.97 Å². The van der Waals surface area contributed by atoms with Crippen LogP contribution in [0, 0.1) is 12.8 Å². The van der Waals surface area contributed by atoms with Crippen LogP contribution in [0.1, 0.15) is 18.1 Å². The molecule has 0 N–H and O–H groups in total. The van der Waals surface area contributed by atoms with Crippen LogP contribution in [-0.2, 0) is 20.9 Å². The van der Waals surface area contributed by atoms with Gasteiger partial charge in [-0.1, -0.05) is 30.7 Å². The quantitative estimate of drug-likeness (QED) is 0.680. The van der Waals surface area contributed by atoms with E-state index in [1.54, 1.807) is 24.2 Å². The number of hydrogen-bond acceptors (Lipinski definition) is 5. The predicted molar refractivity (Wildman–Crippen MR) is 97.5 cm³/mol. The van der Waals surface area contributed by atoms with E-state index in [1.807, 2.05) is 43.3 Å². The van der Waals surface area contributed by atoms with Crippen molar-refractivity contribution in [2.45, 2.75) is 20.4 Å². The lowest BCUT2D eigenvalue weighted by molar-refractivity contribution is -0.147. The molecule has 0 radical (unpaired) electrons. The first-order valence-corrected chi connectivity index (χ1v) is 8.43. The van der Waals surface area contributed by atoms with Crippen molar-refractivity contribution in [3.8, 4) is 5.75 Å². The highest BCUT2D eigenvalue weighted by atomic mass is 16.5. The highest BCUT2D eigenvalue weighted by molar-refractivity contribution is 5.79. The van der Waals surface area contributed by atoms with E-state index in [0.717, 1.165) is 11.1 Å². The Morgan fingerprint density at radius 3 is 2.54 bits per heavy atom. The average Bonchev–Trinajstić information content (AvgIpc) is 2.66. The average molecular weight is 356 g/mol. The van der Waals surface area contributed by atoms with Crippen LogP contribution in [0.5, 0.6) is 5.75 Å². The lowest BCUT2D eigenvalue weighted by atomic mass is 10.1. The van der Waals surface area contributed by atoms with Gasteiger partial charge < -0.3 is 14.4 Å². The first kappa shape index (κ1) is 19.4. The molecule has 6 heteroatoms. The summed E-state index contributed by atoms with van der Waals surface area (Å²) in [6, 6.07) is 11.2. The van der Waals surface area contributed by atoms with E-state index >= 15 is 0 Å². The van der Waals surface area contributed by atoms with Crippen LogP contribution in [-0.4, -0.2) is 42.0 Å². The highest BCUT2D eigenvalue weighted by Gasteiger charge is 2.22. The van der Waals surface area contributed by atoms with Crippen molar-refractivity contribution in [2.75, 3.05) is 20.3 Å². The number of carbonyl (C=O) groups is 2. The minimum Gasteiger partial charge on any atom is -0.484 e. The van der Waals surface area contributed by atoms with E-state index in [1.165, 1.54) is 7.11 Å². The molecule has 6 nitrogen and oxygen atoms in total. The Morgan fingerprint density at radius 2 is 1.92 bits per heavy atom. The van der Waals surface area contributed by atoms with E-state index in [0.29, 0.717) is 12.3 Å². The molecule has 1 aromatic carbocycles. The van der Waals surface area contributed by atoms with Crippen molar-refractivity contribution in [3.05, 3.63) is 59.9 Å². The molecule has 1 atom stereocenters. The molecule has 0 fully saturated rings. The maximum atomic E-state index is 12.7. The van der Waals surface area contributed by atoms with Crippen molar-refractivity contribution >= 4 is 11.9 Å². The van der Waals surface area contributed by atoms with E-state index in [-0.39, 0.29) is 25.0 Å². The molecule has 0 spiro atoms. The summed E-state index contributed by atoms with van der Waals surface area (Å²) in [6.45, 7) is 4.22. The van der Waals surface area contributed by atoms with Crippen LogP contribution < -0.4 is 4.74 Å². The summed E-state index contributed by atoms with van der Waals surface area (Å²) in [4.78, 5) is 30.1. The van der Waals surface area contributed by atoms with Gasteiger partial charge in [-0.15, -0.1) is 0 Å². The van der Waals surface area contributed by atoms with Gasteiger partial charge in [0.1, 0.15) is 5.75 Å². The predicted octanol–water partition coefficient (Wildman–Crippen LogP) is 2.61. The summed E-state index contributed by atoms with van der Waals surface area (Å²) in [7, 11) is 1.34. The summed E-state index contributed by atoms with van der Waals surface area (Å²) >= 11 is 0. The van der Waals surface area contributed by atoms with Crippen molar-refractivity contribution in [1.29, 1.82) is 0 Å². The fourth-order valence-electron chi connectivity index (χ4n) is 2.44. The maximum Gasteiger partial charge on any atom is 0.310 e. The monoisotopic (exact) mass is 356 g/mol. The first-order chi connectivity index (χ1) is 12.5. The third-order valence-corrected chi connectivity index (χ3v) is 3.93. The zero-order chi connectivity index (χ0) is 18.9. The van der Waals surface area contributed by atoms with E-state index in [9.17, 15) is 9.59 Å². The lowest BCUT2D eigenvalue weighted by Crippen LogP contribution is -2.39. The molecule has 0 saturated carbocycles. The number of nitrogens with zero attached hydrogens (tertiary/aromatic N) is 2. The van der Waals surface area contributed by atoms with E-state index in [2.05, 4.69) is 4.98 Å². The molecular weight excluding hydrogens is 332 g/mol. The van der Waals surface area contributed by atoms with Gasteiger partial charge in [-0.2, -0.15) is 0 Å². The number of pyridine rings is 1. The van der Waals surface area contributed by atoms with Gasteiger partial charge in [-0.3, -0.25) is 14.6 Å². The van der Waals surface area contributed by atoms with E-state index < -0.39 is 5.92 Å². The van der Waals surface area contributed by atoms with Gasteiger partial charge in [-0.05, 0) is 30.7 Å². The summed E-state index contributed by atoms with van der Waals surface area (Å²) in [6.07, 6.45) is 3.37. The molecule has 0 aliphatic heterocycles. The molecule has 0 bridgehead atoms. The summed E-state index contributed by atoms with van der Waals surface area (Å²) in [5.41, 5.74) is 2.00. The normalized spacial score (nSPS) is 11.5. The van der Waals surface area contributed by atoms with Crippen LogP contribution in [0.3, 0.4) is 0 Å². The van der Waals surface area contributed by atoms with E-state index in [4.69, 9.17) is 9.47 Å². The number of amides is 1. The first-order valence-electron chi connectivity index (χ1n) is 8.43. The SMILES string of the molecule is COC(=O)C(C)CN(Cc1cccnc1)C(=O)COc1ccc(C)cc1. The van der Waals surface area contributed by atoms with Crippen LogP contribution in [0.15, 0.2) is 48.8 Å². The van der Waals surface area contributed by atoms with Gasteiger partial charge in [0.05, 0.1) is 13.0 Å². The van der Waals surface area contributed by atoms with Crippen LogP contribution in [0.2, 0.25) is 0 Å². The number of benzene rings is 1. The number of aromatic nitrogens is 1. The smallest absolute Gasteiger partial charge is 0.310 e. The number of methoxy groups -OCH3 is 1. The number of ether oxygens (including phenoxy) is 2. The third-order valence-electron chi connectivity index (χ3n) is 3.93. The van der Waals surface area contributed by atoms with Gasteiger partial charge in [0.2, 0.25) is 0 Å². The highest BCUT2D eigenvalue weighted by Crippen LogP contribution is 2.13. The van der Waals surface area contributed by atoms with Gasteiger partial charge in [0.15, 0.2) is 6.61 Å². The van der Waals surface area contributed by atoms with Crippen molar-refractivity contribution in [1.82, 2.24) is 9.88 Å². The molecule has 1 amide bonds. The number of aryl methyl sites for hydroxylation is 1. The van der Waals surface area contributed by atoms with Crippen LogP contribution in [0.25, 0.3) is 0 Å². The molecule has 0 aliphatic rings. The van der Waals surface area contributed by atoms with Crippen molar-refractivity contribution in [3.63, 3.8) is 0 Å². The summed E-state index contributed by atoms with van der Waals surface area (Å²) in [5, 5.41) is 0. The molecule has 1 heterocycles. The fraction of sp³-hybridized carbons (Fsp3) is 0.350. The Labute approximate surface area is 153 Å². The Kier molecular flexibility index (Phi) is 7.14. The molecule has 26 heavy (non-hydrogen) atoms. The topological polar surface area (TPSA) is 68.7 Å². The molecule has 1 aromatic heterocycles. The Bertz CT molecular complexity index is 716. The zero-order valence-electron chi connectivity index (χ0n) is 15.3. The Morgan fingerprint density at radius 1 is 1.19 bits per heavy atom. The second-order valence-electron chi connectivity index (χ2n) is 6.16. The number of esters is 1. The fourth-order valence-corrected chi connectivity index (χ4v) is 2.44. The van der Waals surface area contributed by atoms with Gasteiger partial charge in [0.25, 0.3) is 5.91 Å². The second kappa shape index (κ2) is 9.56. The molecule has 1 unspecified atom stereocenters. The minimum absolute atomic E-state index is 0.1000. The zero-order valence-corrected chi connectivity index (χ0v) is 15.3. The summed E-state index contributed by atoms with van der Waals surface area (Å²) in [5.74, 6) is -0.357. The second-order valence-corrected chi connectivity index (χ2v) is 6.16. The molecular formula is C20H24N2O4. The maximum absolute atomic E-state index is 12.7. The van der Waals surface area contributed by atoms with Gasteiger partial charge in [-0.25, -0.2) is 0 Å². The van der Waals surface area contributed by atoms with Crippen LogP contribution >= 0.6 is 0 Å². The van der Waals surface area contributed by atoms with Crippen LogP contribution in [0.4, 0.5) is 0 Å². The third kappa shape index (κ3) is 5.88. The number of hydrogen-bond donors (Lipinski definition) is 0. The number of rotatable bonds is 8. The van der Waals surface area contributed by atoms with Gasteiger partial charge in [0, 0.05) is 25.5 Å². The Hall–Kier alpha value is -2.89. The lowest BCUT2D eigenvalue weighted by Gasteiger charge is -2.25. The molecule has 2 rings (SSSR count). The largest absolute Gasteiger partial charge is 0.484 e. The number of carbonyl (C=O) groups excluding carboxylic acids is 2. The van der Waals surface area contributed by atoms with Crippen molar-refractivity contribution in [2.24, 2.45) is 5.92 Å². The molecule has 0 saturated heterocycles. The minimum atomic E-state index is -0.431. The van der Waals surface area contributed by atoms with Crippen molar-refractivity contribution < 1.29 is 19.1 Å². The molecule has 2 aromatic rings. The molecule has 138 valence electrons.